The predicted molar refractivity (Wildman–Crippen MR) is 106 cm³/mol. The fourth-order valence-electron chi connectivity index (χ4n) is 3.82. The van der Waals surface area contributed by atoms with E-state index < -0.39 is 26.7 Å². The number of alkyl halides is 3. The van der Waals surface area contributed by atoms with Gasteiger partial charge < -0.3 is 9.80 Å². The van der Waals surface area contributed by atoms with Gasteiger partial charge in [0.05, 0.1) is 10.5 Å². The van der Waals surface area contributed by atoms with Gasteiger partial charge in [0.15, 0.2) is 11.6 Å². The normalized spacial score (nSPS) is 18.8. The Hall–Kier alpha value is -2.40. The topological polar surface area (TPSA) is 69.6 Å². The summed E-state index contributed by atoms with van der Waals surface area (Å²) in [5.41, 5.74) is -1.14. The number of halogens is 3. The van der Waals surface area contributed by atoms with Gasteiger partial charge in [-0.25, -0.2) is 8.42 Å². The summed E-state index contributed by atoms with van der Waals surface area (Å²) >= 11 is 0. The largest absolute Gasteiger partial charge is 0.417 e. The molecule has 0 N–H and O–H groups in total. The zero-order chi connectivity index (χ0) is 21.4. The summed E-state index contributed by atoms with van der Waals surface area (Å²) in [6, 6.07) is 8.04. The van der Waals surface area contributed by atoms with Crippen molar-refractivity contribution in [3.05, 3.63) is 42.0 Å². The molecule has 30 heavy (non-hydrogen) atoms. The van der Waals surface area contributed by atoms with Crippen LogP contribution in [0.5, 0.6) is 0 Å². The standard InChI is InChI=1S/C19H22F3N5O2S/c20-19(21,22)15-5-1-2-6-16(15)30(28,29)27-13-11-26(12-14-27)18-8-7-17(23-24-18)25-9-3-4-10-25/h1-2,5-8H,3-4,9-14H2. The fraction of sp³-hybridized carbons (Fsp3) is 0.474. The lowest BCUT2D eigenvalue weighted by atomic mass is 10.2. The van der Waals surface area contributed by atoms with Gasteiger partial charge in [-0.05, 0) is 37.1 Å². The molecule has 3 heterocycles. The zero-order valence-electron chi connectivity index (χ0n) is 16.2. The highest BCUT2D eigenvalue weighted by Crippen LogP contribution is 2.35. The number of hydrogen-bond donors (Lipinski definition) is 0. The maximum Gasteiger partial charge on any atom is 0.417 e. The lowest BCUT2D eigenvalue weighted by molar-refractivity contribution is -0.139. The highest BCUT2D eigenvalue weighted by Gasteiger charge is 2.39. The first kappa shape index (κ1) is 20.9. The van der Waals surface area contributed by atoms with Crippen LogP contribution < -0.4 is 9.80 Å². The van der Waals surface area contributed by atoms with Crippen molar-refractivity contribution in [3.8, 4) is 0 Å². The first-order valence-corrected chi connectivity index (χ1v) is 11.2. The van der Waals surface area contributed by atoms with Crippen LogP contribution in [0.2, 0.25) is 0 Å². The first-order chi connectivity index (χ1) is 14.3. The molecular weight excluding hydrogens is 419 g/mol. The molecule has 0 bridgehead atoms. The van der Waals surface area contributed by atoms with Crippen molar-refractivity contribution in [1.82, 2.24) is 14.5 Å². The molecule has 2 aromatic rings. The summed E-state index contributed by atoms with van der Waals surface area (Å²) in [6.45, 7) is 2.72. The monoisotopic (exact) mass is 441 g/mol. The van der Waals surface area contributed by atoms with Crippen LogP contribution in [0.4, 0.5) is 24.8 Å². The molecule has 1 aromatic heterocycles. The molecule has 0 saturated carbocycles. The molecule has 2 fully saturated rings. The quantitative estimate of drug-likeness (QED) is 0.727. The number of rotatable bonds is 4. The maximum absolute atomic E-state index is 13.3. The van der Waals surface area contributed by atoms with E-state index in [0.717, 1.165) is 48.2 Å². The van der Waals surface area contributed by atoms with E-state index in [1.807, 2.05) is 17.0 Å². The van der Waals surface area contributed by atoms with Crippen LogP contribution in [0.1, 0.15) is 18.4 Å². The molecule has 2 saturated heterocycles. The Kier molecular flexibility index (Phi) is 5.58. The third-order valence-corrected chi connectivity index (χ3v) is 7.40. The van der Waals surface area contributed by atoms with Crippen LogP contribution in [-0.4, -0.2) is 62.2 Å². The van der Waals surface area contributed by atoms with Gasteiger partial charge in [-0.15, -0.1) is 10.2 Å². The highest BCUT2D eigenvalue weighted by molar-refractivity contribution is 7.89. The minimum atomic E-state index is -4.74. The molecule has 2 aliphatic rings. The first-order valence-electron chi connectivity index (χ1n) is 9.77. The number of hydrogen-bond acceptors (Lipinski definition) is 6. The molecule has 0 spiro atoms. The number of aromatic nitrogens is 2. The van der Waals surface area contributed by atoms with E-state index in [4.69, 9.17) is 0 Å². The Labute approximate surface area is 173 Å². The zero-order valence-corrected chi connectivity index (χ0v) is 17.0. The van der Waals surface area contributed by atoms with Crippen LogP contribution in [0, 0.1) is 0 Å². The molecule has 0 radical (unpaired) electrons. The van der Waals surface area contributed by atoms with Crippen molar-refractivity contribution >= 4 is 21.7 Å². The Balaban J connectivity index is 1.46. The second-order valence-corrected chi connectivity index (χ2v) is 9.24. The predicted octanol–water partition coefficient (Wildman–Crippen LogP) is 2.61. The number of sulfonamides is 1. The van der Waals surface area contributed by atoms with Crippen LogP contribution in [0.25, 0.3) is 0 Å². The van der Waals surface area contributed by atoms with E-state index in [-0.39, 0.29) is 13.1 Å². The second-order valence-electron chi connectivity index (χ2n) is 7.33. The Morgan fingerprint density at radius 1 is 0.767 bits per heavy atom. The van der Waals surface area contributed by atoms with Gasteiger partial charge in [-0.2, -0.15) is 17.5 Å². The summed E-state index contributed by atoms with van der Waals surface area (Å²) in [6.07, 6.45) is -2.47. The van der Waals surface area contributed by atoms with Crippen molar-refractivity contribution in [1.29, 1.82) is 0 Å². The third kappa shape index (κ3) is 4.08. The summed E-state index contributed by atoms with van der Waals surface area (Å²) in [5, 5.41) is 8.52. The summed E-state index contributed by atoms with van der Waals surface area (Å²) in [5.74, 6) is 1.45. The maximum atomic E-state index is 13.3. The van der Waals surface area contributed by atoms with Crippen molar-refractivity contribution in [2.24, 2.45) is 0 Å². The van der Waals surface area contributed by atoms with Crippen molar-refractivity contribution < 1.29 is 21.6 Å². The molecule has 162 valence electrons. The van der Waals surface area contributed by atoms with Crippen LogP contribution in [0.3, 0.4) is 0 Å². The fourth-order valence-corrected chi connectivity index (χ4v) is 5.46. The second kappa shape index (κ2) is 8.03. The highest BCUT2D eigenvalue weighted by atomic mass is 32.2. The van der Waals surface area contributed by atoms with Gasteiger partial charge in [0.2, 0.25) is 10.0 Å². The molecule has 11 heteroatoms. The van der Waals surface area contributed by atoms with E-state index in [2.05, 4.69) is 15.1 Å². The molecular formula is C19H22F3N5O2S. The van der Waals surface area contributed by atoms with Gasteiger partial charge in [0.25, 0.3) is 0 Å². The molecule has 1 aromatic carbocycles. The molecule has 0 aliphatic carbocycles. The van der Waals surface area contributed by atoms with E-state index >= 15 is 0 Å². The molecule has 4 rings (SSSR count). The van der Waals surface area contributed by atoms with E-state index in [0.29, 0.717) is 18.9 Å². The third-order valence-electron chi connectivity index (χ3n) is 5.44. The van der Waals surface area contributed by atoms with Crippen molar-refractivity contribution in [2.45, 2.75) is 23.9 Å². The van der Waals surface area contributed by atoms with Gasteiger partial charge in [0.1, 0.15) is 0 Å². The van der Waals surface area contributed by atoms with Gasteiger partial charge in [0, 0.05) is 39.3 Å². The average molecular weight is 441 g/mol. The number of nitrogens with zero attached hydrogens (tertiary/aromatic N) is 5. The number of anilines is 2. The van der Waals surface area contributed by atoms with Gasteiger partial charge >= 0.3 is 6.18 Å². The Morgan fingerprint density at radius 2 is 1.30 bits per heavy atom. The molecule has 0 amide bonds. The minimum Gasteiger partial charge on any atom is -0.355 e. The number of benzene rings is 1. The van der Waals surface area contributed by atoms with E-state index in [9.17, 15) is 21.6 Å². The summed E-state index contributed by atoms with van der Waals surface area (Å²) in [4.78, 5) is 3.35. The molecule has 2 aliphatic heterocycles. The lowest BCUT2D eigenvalue weighted by Crippen LogP contribution is -2.49. The SMILES string of the molecule is O=S(=O)(c1ccccc1C(F)(F)F)N1CCN(c2ccc(N3CCCC3)nn2)CC1. The number of piperazine rings is 1. The minimum absolute atomic E-state index is 0.0735. The Morgan fingerprint density at radius 3 is 1.83 bits per heavy atom. The van der Waals surface area contributed by atoms with E-state index in [1.54, 1.807) is 0 Å². The average Bonchev–Trinajstić information content (AvgIpc) is 3.28. The van der Waals surface area contributed by atoms with Gasteiger partial charge in [-0.1, -0.05) is 12.1 Å². The summed E-state index contributed by atoms with van der Waals surface area (Å²) in [7, 11) is -4.26. The lowest BCUT2D eigenvalue weighted by Gasteiger charge is -2.34. The Bertz CT molecular complexity index is 984. The molecule has 7 nitrogen and oxygen atoms in total. The van der Waals surface area contributed by atoms with Crippen molar-refractivity contribution in [3.63, 3.8) is 0 Å². The summed E-state index contributed by atoms with van der Waals surface area (Å²) < 4.78 is 66.6. The molecule has 0 atom stereocenters. The van der Waals surface area contributed by atoms with Crippen LogP contribution in [0.15, 0.2) is 41.3 Å². The van der Waals surface area contributed by atoms with E-state index in [1.165, 1.54) is 12.1 Å². The van der Waals surface area contributed by atoms with Crippen LogP contribution >= 0.6 is 0 Å². The smallest absolute Gasteiger partial charge is 0.355 e. The van der Waals surface area contributed by atoms with Crippen LogP contribution in [-0.2, 0) is 16.2 Å². The van der Waals surface area contributed by atoms with Crippen molar-refractivity contribution in [2.75, 3.05) is 49.1 Å². The van der Waals surface area contributed by atoms with Gasteiger partial charge in [-0.3, -0.25) is 0 Å². The molecule has 0 unspecified atom stereocenters.